The van der Waals surface area contributed by atoms with Crippen molar-refractivity contribution in [3.63, 3.8) is 0 Å². The second-order valence-electron chi connectivity index (χ2n) is 5.82. The SMILES string of the molecule is COc1cccc(C(CNC(=O)C2CC2C)N(C)C)c1. The minimum absolute atomic E-state index is 0.156. The number of nitrogens with zero attached hydrogens (tertiary/aromatic N) is 1. The third-order valence-corrected chi connectivity index (χ3v) is 4.02. The fourth-order valence-corrected chi connectivity index (χ4v) is 2.46. The number of carbonyl (C=O) groups excluding carboxylic acids is 1. The lowest BCUT2D eigenvalue weighted by molar-refractivity contribution is -0.122. The van der Waals surface area contributed by atoms with Crippen LogP contribution in [0.15, 0.2) is 24.3 Å². The maximum absolute atomic E-state index is 11.9. The van der Waals surface area contributed by atoms with E-state index < -0.39 is 0 Å². The molecule has 0 spiro atoms. The van der Waals surface area contributed by atoms with Crippen molar-refractivity contribution in [1.82, 2.24) is 10.2 Å². The van der Waals surface area contributed by atoms with Crippen LogP contribution in [0.3, 0.4) is 0 Å². The molecule has 0 saturated heterocycles. The Morgan fingerprint density at radius 2 is 2.20 bits per heavy atom. The molecule has 4 heteroatoms. The van der Waals surface area contributed by atoms with Gasteiger partial charge in [-0.05, 0) is 44.1 Å². The van der Waals surface area contributed by atoms with Gasteiger partial charge in [-0.3, -0.25) is 4.79 Å². The Balaban J connectivity index is 2.01. The minimum atomic E-state index is 0.156. The van der Waals surface area contributed by atoms with Crippen LogP contribution in [0, 0.1) is 11.8 Å². The van der Waals surface area contributed by atoms with Crippen molar-refractivity contribution < 1.29 is 9.53 Å². The molecule has 1 fully saturated rings. The second kappa shape index (κ2) is 6.27. The lowest BCUT2D eigenvalue weighted by atomic mass is 10.1. The van der Waals surface area contributed by atoms with Crippen LogP contribution in [-0.2, 0) is 4.79 Å². The highest BCUT2D eigenvalue weighted by Gasteiger charge is 2.39. The predicted octanol–water partition coefficient (Wildman–Crippen LogP) is 2.07. The zero-order valence-electron chi connectivity index (χ0n) is 12.7. The highest BCUT2D eigenvalue weighted by Crippen LogP contribution is 2.37. The number of methoxy groups -OCH3 is 1. The first kappa shape index (κ1) is 14.9. The lowest BCUT2D eigenvalue weighted by Gasteiger charge is -2.25. The number of nitrogens with one attached hydrogen (secondary N) is 1. The summed E-state index contributed by atoms with van der Waals surface area (Å²) in [6, 6.07) is 8.16. The molecule has 0 aliphatic heterocycles. The molecule has 1 aromatic carbocycles. The molecule has 1 aliphatic rings. The molecule has 20 heavy (non-hydrogen) atoms. The fraction of sp³-hybridized carbons (Fsp3) is 0.562. The average molecular weight is 276 g/mol. The molecule has 110 valence electrons. The van der Waals surface area contributed by atoms with Gasteiger partial charge in [0.05, 0.1) is 13.2 Å². The summed E-state index contributed by atoms with van der Waals surface area (Å²) in [5.41, 5.74) is 1.15. The summed E-state index contributed by atoms with van der Waals surface area (Å²) in [5, 5.41) is 3.07. The highest BCUT2D eigenvalue weighted by molar-refractivity contribution is 5.81. The number of rotatable bonds is 6. The molecule has 0 radical (unpaired) electrons. The molecule has 1 aliphatic carbocycles. The quantitative estimate of drug-likeness (QED) is 0.865. The van der Waals surface area contributed by atoms with E-state index in [4.69, 9.17) is 4.74 Å². The number of amides is 1. The van der Waals surface area contributed by atoms with Crippen molar-refractivity contribution in [1.29, 1.82) is 0 Å². The molecule has 2 rings (SSSR count). The molecule has 3 unspecified atom stereocenters. The largest absolute Gasteiger partial charge is 0.497 e. The maximum atomic E-state index is 11.9. The van der Waals surface area contributed by atoms with E-state index in [0.717, 1.165) is 17.7 Å². The van der Waals surface area contributed by atoms with E-state index in [-0.39, 0.29) is 17.9 Å². The van der Waals surface area contributed by atoms with Crippen molar-refractivity contribution >= 4 is 5.91 Å². The van der Waals surface area contributed by atoms with Crippen LogP contribution in [0.1, 0.15) is 24.9 Å². The maximum Gasteiger partial charge on any atom is 0.223 e. The summed E-state index contributed by atoms with van der Waals surface area (Å²) >= 11 is 0. The third-order valence-electron chi connectivity index (χ3n) is 4.02. The molecular formula is C16H24N2O2. The van der Waals surface area contributed by atoms with Gasteiger partial charge in [-0.15, -0.1) is 0 Å². The Bertz CT molecular complexity index is 473. The molecule has 4 nitrogen and oxygen atoms in total. The van der Waals surface area contributed by atoms with E-state index >= 15 is 0 Å². The van der Waals surface area contributed by atoms with E-state index in [1.54, 1.807) is 7.11 Å². The topological polar surface area (TPSA) is 41.6 Å². The van der Waals surface area contributed by atoms with Gasteiger partial charge in [0.15, 0.2) is 0 Å². The van der Waals surface area contributed by atoms with Gasteiger partial charge in [0.2, 0.25) is 5.91 Å². The first-order valence-corrected chi connectivity index (χ1v) is 7.11. The number of hydrogen-bond donors (Lipinski definition) is 1. The van der Waals surface area contributed by atoms with Crippen LogP contribution >= 0.6 is 0 Å². The first-order valence-electron chi connectivity index (χ1n) is 7.11. The van der Waals surface area contributed by atoms with Gasteiger partial charge in [0.25, 0.3) is 0 Å². The number of carbonyl (C=O) groups is 1. The minimum Gasteiger partial charge on any atom is -0.497 e. The van der Waals surface area contributed by atoms with Crippen LogP contribution in [-0.4, -0.2) is 38.6 Å². The normalized spacial score (nSPS) is 22.4. The van der Waals surface area contributed by atoms with Gasteiger partial charge in [-0.1, -0.05) is 19.1 Å². The summed E-state index contributed by atoms with van der Waals surface area (Å²) in [6.45, 7) is 2.75. The predicted molar refractivity (Wildman–Crippen MR) is 79.7 cm³/mol. The molecule has 0 bridgehead atoms. The van der Waals surface area contributed by atoms with Crippen LogP contribution in [0.5, 0.6) is 5.75 Å². The van der Waals surface area contributed by atoms with E-state index in [0.29, 0.717) is 12.5 Å². The number of hydrogen-bond acceptors (Lipinski definition) is 3. The molecule has 0 heterocycles. The van der Waals surface area contributed by atoms with E-state index in [1.807, 2.05) is 32.3 Å². The summed E-state index contributed by atoms with van der Waals surface area (Å²) in [6.07, 6.45) is 1.03. The zero-order chi connectivity index (χ0) is 14.7. The molecule has 1 saturated carbocycles. The van der Waals surface area contributed by atoms with Crippen molar-refractivity contribution in [2.75, 3.05) is 27.7 Å². The summed E-state index contributed by atoms with van der Waals surface area (Å²) in [5.74, 6) is 1.80. The highest BCUT2D eigenvalue weighted by atomic mass is 16.5. The van der Waals surface area contributed by atoms with Gasteiger partial charge in [-0.25, -0.2) is 0 Å². The van der Waals surface area contributed by atoms with Gasteiger partial charge in [-0.2, -0.15) is 0 Å². The number of ether oxygens (including phenoxy) is 1. The van der Waals surface area contributed by atoms with Crippen LogP contribution in [0.25, 0.3) is 0 Å². The molecular weight excluding hydrogens is 252 g/mol. The van der Waals surface area contributed by atoms with Gasteiger partial charge >= 0.3 is 0 Å². The molecule has 1 N–H and O–H groups in total. The van der Waals surface area contributed by atoms with Gasteiger partial charge < -0.3 is 15.0 Å². The van der Waals surface area contributed by atoms with E-state index in [1.165, 1.54) is 0 Å². The standard InChI is InChI=1S/C16H24N2O2/c1-11-8-14(11)16(19)17-10-15(18(2)3)12-6-5-7-13(9-12)20-4/h5-7,9,11,14-15H,8,10H2,1-4H3,(H,17,19). The first-order chi connectivity index (χ1) is 9.52. The molecule has 1 amide bonds. The Hall–Kier alpha value is -1.55. The summed E-state index contributed by atoms with van der Waals surface area (Å²) in [7, 11) is 5.71. The lowest BCUT2D eigenvalue weighted by Crippen LogP contribution is -2.35. The number of likely N-dealkylation sites (N-methyl/N-ethyl adjacent to an activating group) is 1. The second-order valence-corrected chi connectivity index (χ2v) is 5.82. The monoisotopic (exact) mass is 276 g/mol. The van der Waals surface area contributed by atoms with Crippen molar-refractivity contribution in [2.24, 2.45) is 11.8 Å². The fourth-order valence-electron chi connectivity index (χ4n) is 2.46. The summed E-state index contributed by atoms with van der Waals surface area (Å²) < 4.78 is 5.27. The van der Waals surface area contributed by atoms with Crippen LogP contribution in [0.4, 0.5) is 0 Å². The average Bonchev–Trinajstić information content (AvgIpc) is 3.16. The van der Waals surface area contributed by atoms with Crippen LogP contribution < -0.4 is 10.1 Å². The Kier molecular flexibility index (Phi) is 4.65. The smallest absolute Gasteiger partial charge is 0.223 e. The van der Waals surface area contributed by atoms with Crippen molar-refractivity contribution in [3.05, 3.63) is 29.8 Å². The Morgan fingerprint density at radius 1 is 1.50 bits per heavy atom. The third kappa shape index (κ3) is 3.51. The molecule has 3 atom stereocenters. The van der Waals surface area contributed by atoms with E-state index in [9.17, 15) is 4.79 Å². The molecule has 1 aromatic rings. The Morgan fingerprint density at radius 3 is 2.75 bits per heavy atom. The van der Waals surface area contributed by atoms with Crippen LogP contribution in [0.2, 0.25) is 0 Å². The van der Waals surface area contributed by atoms with Gasteiger partial charge in [0.1, 0.15) is 5.75 Å². The van der Waals surface area contributed by atoms with Crippen molar-refractivity contribution in [3.8, 4) is 5.75 Å². The van der Waals surface area contributed by atoms with E-state index in [2.05, 4.69) is 23.2 Å². The number of benzene rings is 1. The van der Waals surface area contributed by atoms with Crippen molar-refractivity contribution in [2.45, 2.75) is 19.4 Å². The zero-order valence-corrected chi connectivity index (χ0v) is 12.7. The molecule has 0 aromatic heterocycles. The summed E-state index contributed by atoms with van der Waals surface area (Å²) in [4.78, 5) is 14.1. The van der Waals surface area contributed by atoms with Gasteiger partial charge in [0, 0.05) is 12.5 Å². The Labute approximate surface area is 121 Å².